The molecule has 1 aromatic rings. The smallest absolute Gasteiger partial charge is 0.244 e. The van der Waals surface area contributed by atoms with Gasteiger partial charge >= 0.3 is 0 Å². The molecule has 2 saturated heterocycles. The highest BCUT2D eigenvalue weighted by Crippen LogP contribution is 2.24. The van der Waals surface area contributed by atoms with Gasteiger partial charge in [-0.1, -0.05) is 0 Å². The maximum Gasteiger partial charge on any atom is 0.244 e. The topological polar surface area (TPSA) is 73.7 Å². The van der Waals surface area contributed by atoms with Crippen molar-refractivity contribution in [1.29, 1.82) is 0 Å². The summed E-state index contributed by atoms with van der Waals surface area (Å²) in [6, 6.07) is 3.45. The fourth-order valence-electron chi connectivity index (χ4n) is 3.13. The summed E-state index contributed by atoms with van der Waals surface area (Å²) in [5.41, 5.74) is 0. The van der Waals surface area contributed by atoms with Crippen molar-refractivity contribution in [3.8, 4) is 0 Å². The van der Waals surface area contributed by atoms with E-state index in [0.717, 1.165) is 44.6 Å². The summed E-state index contributed by atoms with van der Waals surface area (Å²) in [5.74, 6) is 1.20. The van der Waals surface area contributed by atoms with E-state index in [-0.39, 0.29) is 11.5 Å². The second-order valence-electron chi connectivity index (χ2n) is 6.08. The summed E-state index contributed by atoms with van der Waals surface area (Å²) in [6.45, 7) is 3.18. The van der Waals surface area contributed by atoms with E-state index in [1.54, 1.807) is 12.1 Å². The van der Waals surface area contributed by atoms with Crippen LogP contribution in [0.3, 0.4) is 0 Å². The lowest BCUT2D eigenvalue weighted by atomic mass is 9.98. The Bertz CT molecular complexity index is 589. The molecule has 0 aromatic carbocycles. The van der Waals surface area contributed by atoms with Crippen LogP contribution < -0.4 is 4.90 Å². The Morgan fingerprint density at radius 3 is 2.36 bits per heavy atom. The fraction of sp³-hybridized carbons (Fsp3) is 0.667. The Morgan fingerprint density at radius 2 is 1.82 bits per heavy atom. The zero-order valence-electron chi connectivity index (χ0n) is 12.7. The molecule has 3 heterocycles. The van der Waals surface area contributed by atoms with E-state index < -0.39 is 10.0 Å². The Hall–Kier alpha value is -1.18. The minimum Gasteiger partial charge on any atom is -0.396 e. The van der Waals surface area contributed by atoms with E-state index in [0.29, 0.717) is 19.0 Å². The average molecular weight is 325 g/mol. The fourth-order valence-corrected chi connectivity index (χ4v) is 4.60. The van der Waals surface area contributed by atoms with Gasteiger partial charge in [0.2, 0.25) is 10.0 Å². The van der Waals surface area contributed by atoms with Crippen LogP contribution in [0.25, 0.3) is 0 Å². The minimum atomic E-state index is -3.38. The molecule has 0 bridgehead atoms. The molecule has 1 N–H and O–H groups in total. The Balaban J connectivity index is 1.70. The molecule has 2 aliphatic heterocycles. The van der Waals surface area contributed by atoms with Crippen LogP contribution in [0, 0.1) is 5.92 Å². The van der Waals surface area contributed by atoms with Crippen LogP contribution in [-0.2, 0) is 10.0 Å². The zero-order valence-corrected chi connectivity index (χ0v) is 13.5. The van der Waals surface area contributed by atoms with Crippen LogP contribution in [-0.4, -0.2) is 55.6 Å². The number of pyridine rings is 1. The van der Waals surface area contributed by atoms with Gasteiger partial charge in [-0.2, -0.15) is 4.31 Å². The van der Waals surface area contributed by atoms with Gasteiger partial charge in [0.25, 0.3) is 0 Å². The van der Waals surface area contributed by atoms with Crippen LogP contribution in [0.5, 0.6) is 0 Å². The van der Waals surface area contributed by atoms with E-state index in [2.05, 4.69) is 9.88 Å². The maximum atomic E-state index is 12.4. The van der Waals surface area contributed by atoms with E-state index >= 15 is 0 Å². The minimum absolute atomic E-state index is 0.244. The zero-order chi connectivity index (χ0) is 15.6. The molecule has 22 heavy (non-hydrogen) atoms. The Morgan fingerprint density at radius 1 is 1.14 bits per heavy atom. The first-order valence-corrected chi connectivity index (χ1v) is 9.37. The van der Waals surface area contributed by atoms with Crippen molar-refractivity contribution in [1.82, 2.24) is 9.29 Å². The highest BCUT2D eigenvalue weighted by Gasteiger charge is 2.27. The molecular formula is C15H23N3O3S. The lowest BCUT2D eigenvalue weighted by molar-refractivity contribution is 0.203. The lowest BCUT2D eigenvalue weighted by Gasteiger charge is -2.32. The molecular weight excluding hydrogens is 302 g/mol. The Labute approximate surface area is 131 Å². The largest absolute Gasteiger partial charge is 0.396 e. The van der Waals surface area contributed by atoms with Crippen molar-refractivity contribution in [2.75, 3.05) is 37.7 Å². The molecule has 6 nitrogen and oxygen atoms in total. The summed E-state index contributed by atoms with van der Waals surface area (Å²) >= 11 is 0. The summed E-state index contributed by atoms with van der Waals surface area (Å²) in [7, 11) is -3.38. The van der Waals surface area contributed by atoms with Gasteiger partial charge in [-0.05, 0) is 43.7 Å². The normalized spacial score (nSPS) is 21.4. The van der Waals surface area contributed by atoms with Gasteiger partial charge in [0.05, 0.1) is 0 Å². The molecule has 1 aromatic heterocycles. The molecule has 0 saturated carbocycles. The number of aliphatic hydroxyl groups excluding tert-OH is 1. The van der Waals surface area contributed by atoms with Gasteiger partial charge in [0.15, 0.2) is 0 Å². The second-order valence-corrected chi connectivity index (χ2v) is 8.01. The molecule has 2 fully saturated rings. The van der Waals surface area contributed by atoms with Gasteiger partial charge in [0, 0.05) is 39.0 Å². The third-order valence-electron chi connectivity index (χ3n) is 4.62. The van der Waals surface area contributed by atoms with Crippen molar-refractivity contribution in [3.63, 3.8) is 0 Å². The van der Waals surface area contributed by atoms with E-state index in [4.69, 9.17) is 0 Å². The molecule has 0 radical (unpaired) electrons. The third kappa shape index (κ3) is 3.11. The summed E-state index contributed by atoms with van der Waals surface area (Å²) in [5, 5.41) is 9.17. The van der Waals surface area contributed by atoms with Crippen molar-refractivity contribution in [2.24, 2.45) is 5.92 Å². The number of sulfonamides is 1. The number of aliphatic hydroxyl groups is 1. The quantitative estimate of drug-likeness (QED) is 0.896. The molecule has 0 aliphatic carbocycles. The first-order valence-electron chi connectivity index (χ1n) is 7.93. The maximum absolute atomic E-state index is 12.4. The Kier molecular flexibility index (Phi) is 4.65. The molecule has 7 heteroatoms. The summed E-state index contributed by atoms with van der Waals surface area (Å²) in [6.07, 6.45) is 5.24. The highest BCUT2D eigenvalue weighted by molar-refractivity contribution is 7.89. The monoisotopic (exact) mass is 325 g/mol. The van der Waals surface area contributed by atoms with Gasteiger partial charge in [0.1, 0.15) is 10.7 Å². The van der Waals surface area contributed by atoms with E-state index in [1.165, 1.54) is 10.5 Å². The van der Waals surface area contributed by atoms with Crippen molar-refractivity contribution >= 4 is 15.8 Å². The van der Waals surface area contributed by atoms with Crippen molar-refractivity contribution < 1.29 is 13.5 Å². The predicted octanol–water partition coefficient (Wildman–Crippen LogP) is 1.07. The van der Waals surface area contributed by atoms with E-state index in [1.807, 2.05) is 0 Å². The first kappa shape index (κ1) is 15.7. The number of anilines is 1. The van der Waals surface area contributed by atoms with E-state index in [9.17, 15) is 13.5 Å². The van der Waals surface area contributed by atoms with Gasteiger partial charge in [-0.15, -0.1) is 0 Å². The van der Waals surface area contributed by atoms with Crippen LogP contribution in [0.2, 0.25) is 0 Å². The van der Waals surface area contributed by atoms with Gasteiger partial charge < -0.3 is 10.0 Å². The highest BCUT2D eigenvalue weighted by atomic mass is 32.2. The lowest BCUT2D eigenvalue weighted by Crippen LogP contribution is -2.35. The number of rotatable bonds is 4. The van der Waals surface area contributed by atoms with Crippen LogP contribution in [0.15, 0.2) is 23.2 Å². The standard InChI is InChI=1S/C15H23N3O3S/c19-12-13-5-9-17(10-6-13)15-4-3-14(11-16-15)22(20,21)18-7-1-2-8-18/h3-4,11,13,19H,1-2,5-10,12H2. The molecule has 2 aliphatic rings. The number of hydrogen-bond donors (Lipinski definition) is 1. The molecule has 122 valence electrons. The van der Waals surface area contributed by atoms with Crippen LogP contribution in [0.1, 0.15) is 25.7 Å². The van der Waals surface area contributed by atoms with Gasteiger partial charge in [-0.25, -0.2) is 13.4 Å². The summed E-state index contributed by atoms with van der Waals surface area (Å²) < 4.78 is 26.4. The molecule has 0 atom stereocenters. The number of nitrogens with zero attached hydrogens (tertiary/aromatic N) is 3. The molecule has 0 spiro atoms. The summed E-state index contributed by atoms with van der Waals surface area (Å²) in [4.78, 5) is 6.78. The number of piperidine rings is 1. The SMILES string of the molecule is O=S(=O)(c1ccc(N2CCC(CO)CC2)nc1)N1CCCC1. The van der Waals surface area contributed by atoms with Crippen LogP contribution in [0.4, 0.5) is 5.82 Å². The second kappa shape index (κ2) is 6.52. The molecule has 0 unspecified atom stereocenters. The number of hydrogen-bond acceptors (Lipinski definition) is 5. The van der Waals surface area contributed by atoms with Crippen LogP contribution >= 0.6 is 0 Å². The number of aromatic nitrogens is 1. The average Bonchev–Trinajstić information content (AvgIpc) is 3.10. The molecule has 3 rings (SSSR count). The van der Waals surface area contributed by atoms with Gasteiger partial charge in [-0.3, -0.25) is 0 Å². The van der Waals surface area contributed by atoms with Crippen molar-refractivity contribution in [3.05, 3.63) is 18.3 Å². The van der Waals surface area contributed by atoms with Crippen molar-refractivity contribution in [2.45, 2.75) is 30.6 Å². The first-order chi connectivity index (χ1) is 10.6. The molecule has 0 amide bonds. The predicted molar refractivity (Wildman–Crippen MR) is 84.3 cm³/mol. The third-order valence-corrected chi connectivity index (χ3v) is 6.50.